The molecule has 1 heterocycles. The molecule has 3 unspecified atom stereocenters. The number of benzene rings is 2. The van der Waals surface area contributed by atoms with Gasteiger partial charge in [-0.1, -0.05) is 48.0 Å². The van der Waals surface area contributed by atoms with Crippen LogP contribution in [0.1, 0.15) is 24.1 Å². The minimum atomic E-state index is -3.40. The lowest BCUT2D eigenvalue weighted by Crippen LogP contribution is -2.14. The van der Waals surface area contributed by atoms with Gasteiger partial charge in [0.25, 0.3) is 0 Å². The summed E-state index contributed by atoms with van der Waals surface area (Å²) < 4.78 is 26.8. The molecule has 20 heavy (non-hydrogen) atoms. The van der Waals surface area contributed by atoms with Crippen LogP contribution >= 0.6 is 0 Å². The summed E-state index contributed by atoms with van der Waals surface area (Å²) in [7, 11) is -3.40. The van der Waals surface area contributed by atoms with Crippen molar-refractivity contribution < 1.29 is 8.42 Å². The van der Waals surface area contributed by atoms with Gasteiger partial charge >= 0.3 is 0 Å². The minimum Gasteiger partial charge on any atom is -0.207 e. The molecule has 3 rings (SSSR count). The third kappa shape index (κ3) is 2.15. The van der Waals surface area contributed by atoms with Crippen LogP contribution in [-0.4, -0.2) is 18.8 Å². The molecule has 0 bridgehead atoms. The second kappa shape index (κ2) is 4.72. The van der Waals surface area contributed by atoms with Crippen molar-refractivity contribution in [3.8, 4) is 0 Å². The average Bonchev–Trinajstić information content (AvgIpc) is 3.13. The molecule has 0 spiro atoms. The standard InChI is InChI=1S/C16H17NO2S/c1-12-8-10-15(11-9-12)20(18,19)17-13(2)16(17)14-6-4-3-5-7-14/h3-11,13,16H,1-2H3. The SMILES string of the molecule is Cc1ccc(S(=O)(=O)N2C(C)C2c2ccccc2)cc1. The quantitative estimate of drug-likeness (QED) is 0.813. The summed E-state index contributed by atoms with van der Waals surface area (Å²) in [6.07, 6.45) is 0. The van der Waals surface area contributed by atoms with Gasteiger partial charge in [-0.3, -0.25) is 0 Å². The van der Waals surface area contributed by atoms with E-state index in [1.165, 1.54) is 0 Å². The van der Waals surface area contributed by atoms with Gasteiger partial charge in [0, 0.05) is 6.04 Å². The van der Waals surface area contributed by atoms with E-state index in [2.05, 4.69) is 0 Å². The largest absolute Gasteiger partial charge is 0.243 e. The highest BCUT2D eigenvalue weighted by Gasteiger charge is 2.53. The molecule has 1 aliphatic rings. The van der Waals surface area contributed by atoms with Crippen LogP contribution in [0.25, 0.3) is 0 Å². The Bertz CT molecular complexity index is 708. The van der Waals surface area contributed by atoms with E-state index < -0.39 is 10.0 Å². The van der Waals surface area contributed by atoms with Crippen LogP contribution in [0.4, 0.5) is 0 Å². The summed E-state index contributed by atoms with van der Waals surface area (Å²) >= 11 is 0. The van der Waals surface area contributed by atoms with Crippen LogP contribution < -0.4 is 0 Å². The van der Waals surface area contributed by atoms with Crippen LogP contribution in [0.15, 0.2) is 59.5 Å². The average molecular weight is 287 g/mol. The molecule has 0 N–H and O–H groups in total. The van der Waals surface area contributed by atoms with E-state index in [1.54, 1.807) is 16.4 Å². The highest BCUT2D eigenvalue weighted by molar-refractivity contribution is 7.89. The maximum absolute atomic E-state index is 12.6. The van der Waals surface area contributed by atoms with Gasteiger partial charge in [-0.15, -0.1) is 0 Å². The van der Waals surface area contributed by atoms with Gasteiger partial charge in [-0.2, -0.15) is 4.31 Å². The third-order valence-electron chi connectivity index (χ3n) is 3.78. The van der Waals surface area contributed by atoms with E-state index in [-0.39, 0.29) is 12.1 Å². The highest BCUT2D eigenvalue weighted by atomic mass is 32.2. The van der Waals surface area contributed by atoms with Crippen molar-refractivity contribution in [3.05, 3.63) is 65.7 Å². The van der Waals surface area contributed by atoms with Gasteiger partial charge in [-0.25, -0.2) is 8.42 Å². The van der Waals surface area contributed by atoms with Gasteiger partial charge in [0.1, 0.15) is 0 Å². The van der Waals surface area contributed by atoms with Crippen molar-refractivity contribution in [2.24, 2.45) is 0 Å². The first kappa shape index (κ1) is 13.3. The molecule has 0 radical (unpaired) electrons. The van der Waals surface area contributed by atoms with Gasteiger partial charge in [-0.05, 0) is 31.5 Å². The van der Waals surface area contributed by atoms with Crippen molar-refractivity contribution in [1.82, 2.24) is 4.31 Å². The highest BCUT2D eigenvalue weighted by Crippen LogP contribution is 2.47. The van der Waals surface area contributed by atoms with E-state index in [0.29, 0.717) is 4.90 Å². The molecule has 1 aliphatic heterocycles. The summed E-state index contributed by atoms with van der Waals surface area (Å²) in [5, 5.41) is 0. The Hall–Kier alpha value is -1.65. The Morgan fingerprint density at radius 3 is 2.15 bits per heavy atom. The number of aryl methyl sites for hydroxylation is 1. The fraction of sp³-hybridized carbons (Fsp3) is 0.250. The zero-order chi connectivity index (χ0) is 14.3. The van der Waals surface area contributed by atoms with Crippen molar-refractivity contribution >= 4 is 10.0 Å². The van der Waals surface area contributed by atoms with E-state index in [4.69, 9.17) is 0 Å². The Balaban J connectivity index is 1.92. The van der Waals surface area contributed by atoms with Crippen molar-refractivity contribution in [3.63, 3.8) is 0 Å². The second-order valence-electron chi connectivity index (χ2n) is 5.24. The molecule has 3 nitrogen and oxygen atoms in total. The Labute approximate surface area is 119 Å². The molecule has 0 saturated carbocycles. The fourth-order valence-corrected chi connectivity index (χ4v) is 4.42. The maximum Gasteiger partial charge on any atom is 0.243 e. The van der Waals surface area contributed by atoms with Gasteiger partial charge in [0.15, 0.2) is 0 Å². The maximum atomic E-state index is 12.6. The molecule has 0 aliphatic carbocycles. The first-order valence-corrected chi connectivity index (χ1v) is 8.11. The number of hydrogen-bond donors (Lipinski definition) is 0. The molecular weight excluding hydrogens is 270 g/mol. The van der Waals surface area contributed by atoms with E-state index in [0.717, 1.165) is 11.1 Å². The molecule has 0 amide bonds. The molecular formula is C16H17NO2S. The smallest absolute Gasteiger partial charge is 0.207 e. The first-order valence-electron chi connectivity index (χ1n) is 6.67. The Morgan fingerprint density at radius 1 is 0.950 bits per heavy atom. The predicted octanol–water partition coefficient (Wildman–Crippen LogP) is 3.13. The van der Waals surface area contributed by atoms with Crippen LogP contribution in [-0.2, 0) is 10.0 Å². The van der Waals surface area contributed by atoms with Crippen molar-refractivity contribution in [1.29, 1.82) is 0 Å². The Kier molecular flexibility index (Phi) is 3.15. The summed E-state index contributed by atoms with van der Waals surface area (Å²) in [5.41, 5.74) is 2.11. The number of rotatable bonds is 3. The van der Waals surface area contributed by atoms with E-state index in [9.17, 15) is 8.42 Å². The lowest BCUT2D eigenvalue weighted by atomic mass is 10.1. The predicted molar refractivity (Wildman–Crippen MR) is 78.8 cm³/mol. The zero-order valence-corrected chi connectivity index (χ0v) is 12.3. The molecule has 1 fully saturated rings. The van der Waals surface area contributed by atoms with Crippen molar-refractivity contribution in [2.75, 3.05) is 0 Å². The summed E-state index contributed by atoms with van der Waals surface area (Å²) in [5.74, 6) is 0. The van der Waals surface area contributed by atoms with E-state index in [1.807, 2.05) is 56.3 Å². The second-order valence-corrected chi connectivity index (χ2v) is 7.09. The lowest BCUT2D eigenvalue weighted by Gasteiger charge is -2.07. The van der Waals surface area contributed by atoms with Crippen LogP contribution in [0.3, 0.4) is 0 Å². The molecule has 2 aromatic rings. The molecule has 4 heteroatoms. The molecule has 0 aromatic heterocycles. The van der Waals surface area contributed by atoms with Crippen LogP contribution in [0, 0.1) is 6.92 Å². The monoisotopic (exact) mass is 287 g/mol. The third-order valence-corrected chi connectivity index (χ3v) is 5.76. The number of hydrogen-bond acceptors (Lipinski definition) is 2. The summed E-state index contributed by atoms with van der Waals surface area (Å²) in [6, 6.07) is 16.8. The van der Waals surface area contributed by atoms with Crippen molar-refractivity contribution in [2.45, 2.75) is 30.8 Å². The molecule has 1 saturated heterocycles. The van der Waals surface area contributed by atoms with Gasteiger partial charge in [0.2, 0.25) is 10.0 Å². The van der Waals surface area contributed by atoms with Crippen LogP contribution in [0.5, 0.6) is 0 Å². The fourth-order valence-electron chi connectivity index (χ4n) is 2.60. The number of sulfonamides is 1. The van der Waals surface area contributed by atoms with E-state index >= 15 is 0 Å². The Morgan fingerprint density at radius 2 is 1.55 bits per heavy atom. The van der Waals surface area contributed by atoms with Gasteiger partial charge < -0.3 is 0 Å². The molecule has 3 atom stereocenters. The molecule has 2 aromatic carbocycles. The summed E-state index contributed by atoms with van der Waals surface area (Å²) in [4.78, 5) is 0.369. The van der Waals surface area contributed by atoms with Gasteiger partial charge in [0.05, 0.1) is 10.9 Å². The zero-order valence-electron chi connectivity index (χ0n) is 11.5. The van der Waals surface area contributed by atoms with Crippen LogP contribution in [0.2, 0.25) is 0 Å². The summed E-state index contributed by atoms with van der Waals surface area (Å²) in [6.45, 7) is 3.90. The topological polar surface area (TPSA) is 37.1 Å². The minimum absolute atomic E-state index is 0.0173. The normalized spacial score (nSPS) is 25.4. The lowest BCUT2D eigenvalue weighted by molar-refractivity contribution is 0.548. The molecule has 104 valence electrons. The first-order chi connectivity index (χ1) is 9.51. The number of nitrogens with zero attached hydrogens (tertiary/aromatic N) is 1.